The quantitative estimate of drug-likeness (QED) is 0.208. The van der Waals surface area contributed by atoms with Gasteiger partial charge >= 0.3 is 11.9 Å². The number of hydrogen-bond acceptors (Lipinski definition) is 5. The Hall–Kier alpha value is -4.12. The first-order valence-corrected chi connectivity index (χ1v) is 13.8. The average Bonchev–Trinajstić information content (AvgIpc) is 3.56. The molecule has 2 heterocycles. The summed E-state index contributed by atoms with van der Waals surface area (Å²) in [5.74, 6) is -2.71. The lowest BCUT2D eigenvalue weighted by Gasteiger charge is -2.40. The standard InChI is InChI=1S/C34H33NO4/c1-33(2)28-19-11-12-20-29(28)35(23-24-13-5-3-6-14-24)30(33)22-21-27-31(36)38-34(39-32(27)37,26-17-9-10-18-26)25-15-7-4-8-16-25/h3-8,11-16,19-22,26H,9-10,17-18,23H2,1-2H3/b27-21?,30-22+. The number of esters is 2. The van der Waals surface area contributed by atoms with Gasteiger partial charge in [0.15, 0.2) is 0 Å². The van der Waals surface area contributed by atoms with Crippen molar-refractivity contribution in [3.8, 4) is 0 Å². The monoisotopic (exact) mass is 519 g/mol. The van der Waals surface area contributed by atoms with Crippen LogP contribution in [0.5, 0.6) is 0 Å². The zero-order chi connectivity index (χ0) is 27.0. The van der Waals surface area contributed by atoms with Crippen molar-refractivity contribution in [1.82, 2.24) is 0 Å². The first kappa shape index (κ1) is 25.2. The van der Waals surface area contributed by atoms with Crippen molar-refractivity contribution in [2.24, 2.45) is 5.92 Å². The van der Waals surface area contributed by atoms with Crippen LogP contribution in [-0.2, 0) is 36.8 Å². The highest BCUT2D eigenvalue weighted by Crippen LogP contribution is 2.49. The third kappa shape index (κ3) is 4.36. The Morgan fingerprint density at radius 2 is 1.38 bits per heavy atom. The Morgan fingerprint density at radius 1 is 0.795 bits per heavy atom. The van der Waals surface area contributed by atoms with Crippen LogP contribution >= 0.6 is 0 Å². The number of cyclic esters (lactones) is 2. The van der Waals surface area contributed by atoms with Crippen LogP contribution in [0, 0.1) is 5.92 Å². The smallest absolute Gasteiger partial charge is 0.349 e. The predicted molar refractivity (Wildman–Crippen MR) is 151 cm³/mol. The summed E-state index contributed by atoms with van der Waals surface area (Å²) >= 11 is 0. The van der Waals surface area contributed by atoms with Crippen LogP contribution < -0.4 is 4.90 Å². The van der Waals surface area contributed by atoms with E-state index in [1.165, 1.54) is 11.1 Å². The summed E-state index contributed by atoms with van der Waals surface area (Å²) in [6.45, 7) is 5.00. The Labute approximate surface area is 229 Å². The van der Waals surface area contributed by atoms with Crippen molar-refractivity contribution in [3.63, 3.8) is 0 Å². The first-order valence-electron chi connectivity index (χ1n) is 13.8. The van der Waals surface area contributed by atoms with E-state index in [0.29, 0.717) is 12.1 Å². The number of hydrogen-bond donors (Lipinski definition) is 0. The predicted octanol–water partition coefficient (Wildman–Crippen LogP) is 6.94. The maximum absolute atomic E-state index is 13.5. The van der Waals surface area contributed by atoms with Gasteiger partial charge in [-0.15, -0.1) is 0 Å². The summed E-state index contributed by atoms with van der Waals surface area (Å²) in [6, 6.07) is 28.0. The summed E-state index contributed by atoms with van der Waals surface area (Å²) < 4.78 is 12.2. The SMILES string of the molecule is CC1(C)/C(=C\C=C2C(=O)OC(c3ccccc3)(C3CCCC3)OC2=O)N(Cc2ccccc2)c2ccccc21. The van der Waals surface area contributed by atoms with Gasteiger partial charge in [-0.3, -0.25) is 0 Å². The highest BCUT2D eigenvalue weighted by Gasteiger charge is 2.53. The van der Waals surface area contributed by atoms with Gasteiger partial charge in [-0.25, -0.2) is 9.59 Å². The number of anilines is 1. The fraction of sp³-hybridized carbons (Fsp3) is 0.294. The molecule has 198 valence electrons. The minimum absolute atomic E-state index is 0.0580. The number of rotatable bonds is 5. The van der Waals surface area contributed by atoms with Crippen LogP contribution in [-0.4, -0.2) is 11.9 Å². The molecular weight excluding hydrogens is 486 g/mol. The van der Waals surface area contributed by atoms with Crippen LogP contribution in [0.1, 0.15) is 56.2 Å². The Morgan fingerprint density at radius 3 is 2.05 bits per heavy atom. The lowest BCUT2D eigenvalue weighted by Crippen LogP contribution is -2.48. The fourth-order valence-corrected chi connectivity index (χ4v) is 6.36. The number of ether oxygens (including phenoxy) is 2. The Kier molecular flexibility index (Phi) is 6.38. The molecule has 0 spiro atoms. The maximum atomic E-state index is 13.5. The van der Waals surface area contributed by atoms with Gasteiger partial charge in [-0.05, 0) is 42.2 Å². The summed E-state index contributed by atoms with van der Waals surface area (Å²) in [7, 11) is 0. The zero-order valence-electron chi connectivity index (χ0n) is 22.4. The molecule has 1 saturated heterocycles. The van der Waals surface area contributed by atoms with Crippen LogP contribution in [0.25, 0.3) is 0 Å². The molecule has 0 aromatic heterocycles. The van der Waals surface area contributed by atoms with Gasteiger partial charge in [0.1, 0.15) is 5.57 Å². The van der Waals surface area contributed by atoms with E-state index in [1.54, 1.807) is 6.08 Å². The van der Waals surface area contributed by atoms with Gasteiger partial charge in [-0.2, -0.15) is 0 Å². The summed E-state index contributed by atoms with van der Waals surface area (Å²) in [6.07, 6.45) is 7.20. The van der Waals surface area contributed by atoms with Gasteiger partial charge < -0.3 is 14.4 Å². The van der Waals surface area contributed by atoms with Gasteiger partial charge in [0, 0.05) is 34.8 Å². The second kappa shape index (κ2) is 9.88. The largest absolute Gasteiger partial charge is 0.414 e. The molecule has 3 aromatic carbocycles. The minimum atomic E-state index is -1.38. The maximum Gasteiger partial charge on any atom is 0.349 e. The van der Waals surface area contributed by atoms with Crippen LogP contribution in [0.4, 0.5) is 5.69 Å². The lowest BCUT2D eigenvalue weighted by molar-refractivity contribution is -0.261. The molecule has 2 aliphatic heterocycles. The first-order chi connectivity index (χ1) is 18.9. The topological polar surface area (TPSA) is 55.8 Å². The number of carbonyl (C=O) groups excluding carboxylic acids is 2. The molecule has 3 aliphatic rings. The van der Waals surface area contributed by atoms with E-state index in [1.807, 2.05) is 66.7 Å². The van der Waals surface area contributed by atoms with E-state index in [4.69, 9.17) is 9.47 Å². The molecule has 2 fully saturated rings. The van der Waals surface area contributed by atoms with Crippen molar-refractivity contribution in [1.29, 1.82) is 0 Å². The molecule has 39 heavy (non-hydrogen) atoms. The third-order valence-corrected chi connectivity index (χ3v) is 8.39. The number of fused-ring (bicyclic) bond motifs is 1. The van der Waals surface area contributed by atoms with Crippen molar-refractivity contribution < 1.29 is 19.1 Å². The molecule has 3 aromatic rings. The molecule has 5 nitrogen and oxygen atoms in total. The third-order valence-electron chi connectivity index (χ3n) is 8.39. The van der Waals surface area contributed by atoms with Gasteiger partial charge in [0.05, 0.1) is 0 Å². The van der Waals surface area contributed by atoms with Crippen LogP contribution in [0.15, 0.2) is 108 Å². The molecule has 0 N–H and O–H groups in total. The van der Waals surface area contributed by atoms with E-state index in [0.717, 1.165) is 37.1 Å². The minimum Gasteiger partial charge on any atom is -0.414 e. The second-order valence-corrected chi connectivity index (χ2v) is 11.1. The van der Waals surface area contributed by atoms with E-state index >= 15 is 0 Å². The van der Waals surface area contributed by atoms with Crippen molar-refractivity contribution in [3.05, 3.63) is 125 Å². The van der Waals surface area contributed by atoms with E-state index in [9.17, 15) is 9.59 Å². The zero-order valence-corrected chi connectivity index (χ0v) is 22.4. The van der Waals surface area contributed by atoms with Crippen LogP contribution in [0.2, 0.25) is 0 Å². The summed E-state index contributed by atoms with van der Waals surface area (Å²) in [5.41, 5.74) is 4.78. The van der Waals surface area contributed by atoms with E-state index in [2.05, 4.69) is 43.0 Å². The molecule has 0 radical (unpaired) electrons. The van der Waals surface area contributed by atoms with Crippen molar-refractivity contribution in [2.75, 3.05) is 4.90 Å². The van der Waals surface area contributed by atoms with Crippen LogP contribution in [0.3, 0.4) is 0 Å². The Bertz CT molecular complexity index is 1430. The molecular formula is C34H33NO4. The highest BCUT2D eigenvalue weighted by atomic mass is 16.7. The lowest BCUT2D eigenvalue weighted by atomic mass is 9.83. The van der Waals surface area contributed by atoms with E-state index < -0.39 is 17.7 Å². The molecule has 5 heteroatoms. The normalized spacial score (nSPS) is 23.5. The molecule has 1 aliphatic carbocycles. The number of nitrogens with zero attached hydrogens (tertiary/aromatic N) is 1. The van der Waals surface area contributed by atoms with Gasteiger partial charge in [0.2, 0.25) is 0 Å². The average molecular weight is 520 g/mol. The molecule has 6 rings (SSSR count). The molecule has 0 amide bonds. The molecule has 0 bridgehead atoms. The van der Waals surface area contributed by atoms with Crippen molar-refractivity contribution in [2.45, 2.75) is 57.3 Å². The molecule has 1 saturated carbocycles. The van der Waals surface area contributed by atoms with Gasteiger partial charge in [-0.1, -0.05) is 106 Å². The summed E-state index contributed by atoms with van der Waals surface area (Å²) in [4.78, 5) is 29.2. The molecule has 0 atom stereocenters. The van der Waals surface area contributed by atoms with Crippen molar-refractivity contribution >= 4 is 17.6 Å². The Balaban J connectivity index is 1.36. The van der Waals surface area contributed by atoms with E-state index in [-0.39, 0.29) is 16.9 Å². The molecule has 0 unspecified atom stereocenters. The van der Waals surface area contributed by atoms with Gasteiger partial charge in [0.25, 0.3) is 5.79 Å². The number of para-hydroxylation sites is 1. The number of allylic oxidation sites excluding steroid dienone is 3. The highest BCUT2D eigenvalue weighted by molar-refractivity contribution is 6.15. The second-order valence-electron chi connectivity index (χ2n) is 11.1. The summed E-state index contributed by atoms with van der Waals surface area (Å²) in [5, 5.41) is 0. The fourth-order valence-electron chi connectivity index (χ4n) is 6.36. The number of benzene rings is 3. The number of carbonyl (C=O) groups is 2.